The zero-order valence-electron chi connectivity index (χ0n) is 17.9. The highest BCUT2D eigenvalue weighted by Crippen LogP contribution is 2.27. The van der Waals surface area contributed by atoms with Gasteiger partial charge in [-0.05, 0) is 61.7 Å². The summed E-state index contributed by atoms with van der Waals surface area (Å²) in [7, 11) is -3.65. The third-order valence-corrected chi connectivity index (χ3v) is 7.21. The predicted molar refractivity (Wildman–Crippen MR) is 121 cm³/mol. The van der Waals surface area contributed by atoms with E-state index >= 15 is 0 Å². The molecule has 0 radical (unpaired) electrons. The van der Waals surface area contributed by atoms with Crippen molar-refractivity contribution in [1.29, 1.82) is 0 Å². The molecule has 0 bridgehead atoms. The first-order chi connectivity index (χ1) is 15.3. The van der Waals surface area contributed by atoms with Crippen LogP contribution < -0.4 is 14.9 Å². The van der Waals surface area contributed by atoms with Gasteiger partial charge < -0.3 is 15.0 Å². The van der Waals surface area contributed by atoms with E-state index < -0.39 is 15.9 Å². The van der Waals surface area contributed by atoms with Crippen molar-refractivity contribution in [2.24, 2.45) is 5.92 Å². The lowest BCUT2D eigenvalue weighted by molar-refractivity contribution is -0.122. The van der Waals surface area contributed by atoms with Gasteiger partial charge >= 0.3 is 0 Å². The van der Waals surface area contributed by atoms with Gasteiger partial charge in [0.05, 0.1) is 16.9 Å². The van der Waals surface area contributed by atoms with E-state index in [1.165, 1.54) is 12.1 Å². The Labute approximate surface area is 188 Å². The van der Waals surface area contributed by atoms with Gasteiger partial charge in [0, 0.05) is 37.5 Å². The Balaban J connectivity index is 1.35. The summed E-state index contributed by atoms with van der Waals surface area (Å²) in [6, 6.07) is 13.6. The standard InChI is InChI=1S/C23H27N3O5S/c1-16-4-2-5-19(12-16)26-15-17(13-22(26)27)23(28)25-18-7-9-21(10-8-18)32(29,30)24-14-20-6-3-11-31-20/h2,4-5,7-10,12,17,20,24H,3,6,11,13-15H2,1H3,(H,25,28). The van der Waals surface area contributed by atoms with Crippen molar-refractivity contribution in [3.8, 4) is 0 Å². The molecule has 2 heterocycles. The summed E-state index contributed by atoms with van der Waals surface area (Å²) in [5.74, 6) is -0.824. The monoisotopic (exact) mass is 457 g/mol. The molecule has 2 atom stereocenters. The quantitative estimate of drug-likeness (QED) is 0.665. The third-order valence-electron chi connectivity index (χ3n) is 5.77. The minimum Gasteiger partial charge on any atom is -0.377 e. The molecule has 2 aliphatic heterocycles. The second-order valence-electron chi connectivity index (χ2n) is 8.24. The molecule has 2 N–H and O–H groups in total. The number of carbonyl (C=O) groups is 2. The number of hydrogen-bond donors (Lipinski definition) is 2. The highest BCUT2D eigenvalue weighted by atomic mass is 32.2. The van der Waals surface area contributed by atoms with E-state index in [0.29, 0.717) is 18.8 Å². The van der Waals surface area contributed by atoms with Gasteiger partial charge in [-0.2, -0.15) is 0 Å². The number of amides is 2. The normalized spacial score (nSPS) is 21.2. The van der Waals surface area contributed by atoms with Crippen LogP contribution in [-0.2, 0) is 24.3 Å². The van der Waals surface area contributed by atoms with Crippen LogP contribution in [0.3, 0.4) is 0 Å². The molecular weight excluding hydrogens is 430 g/mol. The third kappa shape index (κ3) is 5.17. The lowest BCUT2D eigenvalue weighted by Crippen LogP contribution is -2.31. The van der Waals surface area contributed by atoms with E-state index in [4.69, 9.17) is 4.74 Å². The van der Waals surface area contributed by atoms with Crippen LogP contribution in [0.4, 0.5) is 11.4 Å². The van der Waals surface area contributed by atoms with Gasteiger partial charge in [-0.3, -0.25) is 9.59 Å². The molecule has 170 valence electrons. The summed E-state index contributed by atoms with van der Waals surface area (Å²) >= 11 is 0. The molecule has 2 fully saturated rings. The summed E-state index contributed by atoms with van der Waals surface area (Å²) < 4.78 is 32.9. The first-order valence-electron chi connectivity index (χ1n) is 10.7. The fourth-order valence-electron chi connectivity index (χ4n) is 3.98. The summed E-state index contributed by atoms with van der Waals surface area (Å²) in [5, 5.41) is 2.79. The molecular formula is C23H27N3O5S. The van der Waals surface area contributed by atoms with Crippen LogP contribution in [0, 0.1) is 12.8 Å². The van der Waals surface area contributed by atoms with Crippen molar-refractivity contribution in [1.82, 2.24) is 4.72 Å². The molecule has 2 unspecified atom stereocenters. The molecule has 9 heteroatoms. The smallest absolute Gasteiger partial charge is 0.240 e. The summed E-state index contributed by atoms with van der Waals surface area (Å²) in [6.45, 7) is 3.17. The van der Waals surface area contributed by atoms with Crippen LogP contribution in [0.25, 0.3) is 0 Å². The number of rotatable bonds is 7. The van der Waals surface area contributed by atoms with E-state index in [1.54, 1.807) is 17.0 Å². The number of nitrogens with one attached hydrogen (secondary N) is 2. The lowest BCUT2D eigenvalue weighted by Gasteiger charge is -2.17. The Hall–Kier alpha value is -2.75. The van der Waals surface area contributed by atoms with Crippen molar-refractivity contribution in [2.45, 2.75) is 37.2 Å². The Morgan fingerprint density at radius 3 is 2.66 bits per heavy atom. The molecule has 8 nitrogen and oxygen atoms in total. The average molecular weight is 458 g/mol. The minimum atomic E-state index is -3.65. The van der Waals surface area contributed by atoms with Gasteiger partial charge in [0.25, 0.3) is 0 Å². The molecule has 0 aromatic heterocycles. The zero-order valence-corrected chi connectivity index (χ0v) is 18.7. The number of hydrogen-bond acceptors (Lipinski definition) is 5. The number of sulfonamides is 1. The number of benzene rings is 2. The Morgan fingerprint density at radius 2 is 1.97 bits per heavy atom. The summed E-state index contributed by atoms with van der Waals surface area (Å²) in [5.41, 5.74) is 2.31. The van der Waals surface area contributed by atoms with Crippen molar-refractivity contribution in [3.05, 3.63) is 54.1 Å². The Kier molecular flexibility index (Phi) is 6.59. The van der Waals surface area contributed by atoms with E-state index in [-0.39, 0.29) is 35.8 Å². The maximum absolute atomic E-state index is 12.7. The van der Waals surface area contributed by atoms with Gasteiger partial charge in [0.15, 0.2) is 0 Å². The number of ether oxygens (including phenoxy) is 1. The molecule has 2 aromatic carbocycles. The van der Waals surface area contributed by atoms with Crippen LogP contribution >= 0.6 is 0 Å². The van der Waals surface area contributed by atoms with Gasteiger partial charge in [-0.25, -0.2) is 13.1 Å². The second kappa shape index (κ2) is 9.40. The fourth-order valence-corrected chi connectivity index (χ4v) is 5.05. The van der Waals surface area contributed by atoms with E-state index in [0.717, 1.165) is 24.1 Å². The molecule has 4 rings (SSSR count). The first kappa shape index (κ1) is 22.4. The van der Waals surface area contributed by atoms with Crippen molar-refractivity contribution >= 4 is 33.2 Å². The average Bonchev–Trinajstić information content (AvgIpc) is 3.42. The molecule has 0 spiro atoms. The Morgan fingerprint density at radius 1 is 1.19 bits per heavy atom. The van der Waals surface area contributed by atoms with Crippen molar-refractivity contribution in [3.63, 3.8) is 0 Å². The molecule has 0 aliphatic carbocycles. The molecule has 2 amide bonds. The maximum Gasteiger partial charge on any atom is 0.240 e. The lowest BCUT2D eigenvalue weighted by atomic mass is 10.1. The van der Waals surface area contributed by atoms with Gasteiger partial charge in [-0.15, -0.1) is 0 Å². The number of aryl methyl sites for hydroxylation is 1. The van der Waals surface area contributed by atoms with Crippen LogP contribution in [0.2, 0.25) is 0 Å². The van der Waals surface area contributed by atoms with Gasteiger partial charge in [-0.1, -0.05) is 12.1 Å². The van der Waals surface area contributed by atoms with E-state index in [1.807, 2.05) is 31.2 Å². The molecule has 2 saturated heterocycles. The largest absolute Gasteiger partial charge is 0.377 e. The van der Waals surface area contributed by atoms with E-state index in [2.05, 4.69) is 10.0 Å². The second-order valence-corrected chi connectivity index (χ2v) is 10.0. The van der Waals surface area contributed by atoms with Crippen LogP contribution in [0.5, 0.6) is 0 Å². The molecule has 0 saturated carbocycles. The van der Waals surface area contributed by atoms with Crippen LogP contribution in [-0.4, -0.2) is 46.0 Å². The predicted octanol–water partition coefficient (Wildman–Crippen LogP) is 2.44. The van der Waals surface area contributed by atoms with Crippen molar-refractivity contribution < 1.29 is 22.7 Å². The Bertz CT molecular complexity index is 1090. The summed E-state index contributed by atoms with van der Waals surface area (Å²) in [6.07, 6.45) is 1.84. The fraction of sp³-hybridized carbons (Fsp3) is 0.391. The van der Waals surface area contributed by atoms with Crippen molar-refractivity contribution in [2.75, 3.05) is 29.9 Å². The minimum absolute atomic E-state index is 0.0863. The highest BCUT2D eigenvalue weighted by molar-refractivity contribution is 7.89. The number of carbonyl (C=O) groups excluding carboxylic acids is 2. The molecule has 2 aromatic rings. The summed E-state index contributed by atoms with van der Waals surface area (Å²) in [4.78, 5) is 26.9. The van der Waals surface area contributed by atoms with Crippen LogP contribution in [0.15, 0.2) is 53.4 Å². The van der Waals surface area contributed by atoms with Gasteiger partial charge in [0.1, 0.15) is 0 Å². The molecule has 2 aliphatic rings. The zero-order chi connectivity index (χ0) is 22.7. The maximum atomic E-state index is 12.7. The first-order valence-corrected chi connectivity index (χ1v) is 12.2. The van der Waals surface area contributed by atoms with E-state index in [9.17, 15) is 18.0 Å². The topological polar surface area (TPSA) is 105 Å². The number of nitrogens with zero attached hydrogens (tertiary/aromatic N) is 1. The SMILES string of the molecule is Cc1cccc(N2CC(C(=O)Nc3ccc(S(=O)(=O)NCC4CCCO4)cc3)CC2=O)c1. The number of anilines is 2. The molecule has 32 heavy (non-hydrogen) atoms. The van der Waals surface area contributed by atoms with Gasteiger partial charge in [0.2, 0.25) is 21.8 Å². The highest BCUT2D eigenvalue weighted by Gasteiger charge is 2.35. The van der Waals surface area contributed by atoms with Crippen LogP contribution in [0.1, 0.15) is 24.8 Å².